The molecule has 0 fully saturated rings. The largest absolute Gasteiger partial charge is 0.269 e. The van der Waals surface area contributed by atoms with Crippen molar-refractivity contribution in [2.24, 2.45) is 0 Å². The molecule has 0 radical (unpaired) electrons. The van der Waals surface area contributed by atoms with Crippen LogP contribution < -0.4 is 0 Å². The second-order valence-electron chi connectivity index (χ2n) is 4.64. The number of nitrogens with zero attached hydrogens (tertiary/aromatic N) is 2. The molecule has 8 heteroatoms. The van der Waals surface area contributed by atoms with Gasteiger partial charge >= 0.3 is 0 Å². The first kappa shape index (κ1) is 16.4. The molecule has 2 rings (SSSR count). The van der Waals surface area contributed by atoms with Gasteiger partial charge in [-0.25, -0.2) is 8.42 Å². The maximum Gasteiger partial charge on any atom is 0.269 e. The molecule has 0 aliphatic carbocycles. The van der Waals surface area contributed by atoms with Gasteiger partial charge in [-0.05, 0) is 23.8 Å². The van der Waals surface area contributed by atoms with Crippen molar-refractivity contribution >= 4 is 27.3 Å². The summed E-state index contributed by atoms with van der Waals surface area (Å²) in [5, 5.41) is 10.9. The fraction of sp³-hybridized carbons (Fsp3) is 0.143. The summed E-state index contributed by atoms with van der Waals surface area (Å²) < 4.78 is 26.0. The second kappa shape index (κ2) is 6.43. The number of nitro benzene ring substituents is 1. The molecule has 2 aromatic rings. The van der Waals surface area contributed by atoms with Crippen molar-refractivity contribution in [2.75, 3.05) is 7.05 Å². The van der Waals surface area contributed by atoms with Crippen LogP contribution in [0.15, 0.2) is 53.4 Å². The van der Waals surface area contributed by atoms with Crippen molar-refractivity contribution in [1.82, 2.24) is 4.31 Å². The Labute approximate surface area is 133 Å². The van der Waals surface area contributed by atoms with Crippen LogP contribution in [0.4, 0.5) is 5.69 Å². The topological polar surface area (TPSA) is 80.5 Å². The Morgan fingerprint density at radius 2 is 1.82 bits per heavy atom. The number of nitro groups is 1. The quantitative estimate of drug-likeness (QED) is 0.618. The Kier molecular flexibility index (Phi) is 4.80. The van der Waals surface area contributed by atoms with Crippen LogP contribution in [0, 0.1) is 10.1 Å². The summed E-state index contributed by atoms with van der Waals surface area (Å²) in [5.74, 6) is 0. The van der Waals surface area contributed by atoms with Crippen LogP contribution in [-0.4, -0.2) is 24.7 Å². The van der Waals surface area contributed by atoms with Gasteiger partial charge in [-0.15, -0.1) is 0 Å². The van der Waals surface area contributed by atoms with Crippen molar-refractivity contribution in [3.63, 3.8) is 0 Å². The minimum atomic E-state index is -3.67. The van der Waals surface area contributed by atoms with Crippen molar-refractivity contribution in [2.45, 2.75) is 11.4 Å². The van der Waals surface area contributed by atoms with Gasteiger partial charge in [0.15, 0.2) is 0 Å². The molecule has 0 aromatic heterocycles. The third kappa shape index (κ3) is 3.62. The van der Waals surface area contributed by atoms with E-state index in [1.807, 2.05) is 0 Å². The molecule has 0 atom stereocenters. The molecule has 116 valence electrons. The van der Waals surface area contributed by atoms with E-state index >= 15 is 0 Å². The normalized spacial score (nSPS) is 11.6. The van der Waals surface area contributed by atoms with Gasteiger partial charge in [0.25, 0.3) is 5.69 Å². The van der Waals surface area contributed by atoms with Crippen LogP contribution in [0.25, 0.3) is 0 Å². The predicted molar refractivity (Wildman–Crippen MR) is 83.2 cm³/mol. The lowest BCUT2D eigenvalue weighted by Gasteiger charge is -2.17. The van der Waals surface area contributed by atoms with E-state index in [1.54, 1.807) is 12.1 Å². The summed E-state index contributed by atoms with van der Waals surface area (Å²) in [6.07, 6.45) is 0. The first-order valence-electron chi connectivity index (χ1n) is 6.26. The van der Waals surface area contributed by atoms with E-state index in [0.717, 1.165) is 0 Å². The zero-order valence-corrected chi connectivity index (χ0v) is 13.2. The van der Waals surface area contributed by atoms with Crippen LogP contribution in [-0.2, 0) is 16.6 Å². The maximum atomic E-state index is 12.4. The van der Waals surface area contributed by atoms with E-state index in [4.69, 9.17) is 11.6 Å². The minimum absolute atomic E-state index is 0.0379. The minimum Gasteiger partial charge on any atom is -0.258 e. The van der Waals surface area contributed by atoms with Gasteiger partial charge in [-0.1, -0.05) is 29.8 Å². The zero-order valence-electron chi connectivity index (χ0n) is 11.6. The Morgan fingerprint density at radius 3 is 2.36 bits per heavy atom. The highest BCUT2D eigenvalue weighted by molar-refractivity contribution is 7.89. The first-order valence-corrected chi connectivity index (χ1v) is 8.08. The highest BCUT2D eigenvalue weighted by atomic mass is 35.5. The molecule has 0 N–H and O–H groups in total. The van der Waals surface area contributed by atoms with Gasteiger partial charge in [-0.3, -0.25) is 10.1 Å². The number of sulfonamides is 1. The summed E-state index contributed by atoms with van der Waals surface area (Å²) >= 11 is 5.82. The van der Waals surface area contributed by atoms with E-state index in [-0.39, 0.29) is 17.1 Å². The van der Waals surface area contributed by atoms with E-state index < -0.39 is 14.9 Å². The van der Waals surface area contributed by atoms with Gasteiger partial charge in [0.2, 0.25) is 10.0 Å². The smallest absolute Gasteiger partial charge is 0.258 e. The zero-order chi connectivity index (χ0) is 16.3. The molecule has 22 heavy (non-hydrogen) atoms. The third-order valence-corrected chi connectivity index (χ3v) is 5.09. The monoisotopic (exact) mass is 340 g/mol. The standard InChI is InChI=1S/C14H13ClN2O4S/c1-16(10-11-5-7-13(8-6-11)17(18)19)22(20,21)14-4-2-3-12(15)9-14/h2-9H,10H2,1H3. The Bertz CT molecular complexity index is 791. The number of hydrogen-bond acceptors (Lipinski definition) is 4. The Morgan fingerprint density at radius 1 is 1.18 bits per heavy atom. The number of rotatable bonds is 5. The van der Waals surface area contributed by atoms with Crippen molar-refractivity contribution in [3.05, 3.63) is 69.2 Å². The van der Waals surface area contributed by atoms with E-state index in [9.17, 15) is 18.5 Å². The lowest BCUT2D eigenvalue weighted by Crippen LogP contribution is -2.26. The van der Waals surface area contributed by atoms with Gasteiger partial charge in [-0.2, -0.15) is 4.31 Å². The van der Waals surface area contributed by atoms with Crippen LogP contribution in [0.2, 0.25) is 5.02 Å². The summed E-state index contributed by atoms with van der Waals surface area (Å²) in [6, 6.07) is 11.7. The molecule has 2 aromatic carbocycles. The summed E-state index contributed by atoms with van der Waals surface area (Å²) in [7, 11) is -2.23. The van der Waals surface area contributed by atoms with Gasteiger partial charge in [0, 0.05) is 30.7 Å². The molecular formula is C14H13ClN2O4S. The van der Waals surface area contributed by atoms with Crippen molar-refractivity contribution in [1.29, 1.82) is 0 Å². The van der Waals surface area contributed by atoms with Gasteiger partial charge in [0.05, 0.1) is 9.82 Å². The highest BCUT2D eigenvalue weighted by Crippen LogP contribution is 2.21. The fourth-order valence-corrected chi connectivity index (χ4v) is 3.33. The average molecular weight is 341 g/mol. The Balaban J connectivity index is 2.20. The summed E-state index contributed by atoms with van der Waals surface area (Å²) in [5.41, 5.74) is 0.614. The lowest BCUT2D eigenvalue weighted by molar-refractivity contribution is -0.384. The molecule has 0 saturated carbocycles. The van der Waals surface area contributed by atoms with Crippen LogP contribution in [0.3, 0.4) is 0 Å². The number of halogens is 1. The predicted octanol–water partition coefficient (Wildman–Crippen LogP) is 3.07. The molecule has 0 spiro atoms. The molecule has 0 saturated heterocycles. The van der Waals surface area contributed by atoms with Crippen LogP contribution in [0.5, 0.6) is 0 Å². The molecule has 6 nitrogen and oxygen atoms in total. The van der Waals surface area contributed by atoms with Gasteiger partial charge in [0.1, 0.15) is 0 Å². The number of non-ortho nitro benzene ring substituents is 1. The van der Waals surface area contributed by atoms with E-state index in [2.05, 4.69) is 0 Å². The molecule has 0 bridgehead atoms. The van der Waals surface area contributed by atoms with Gasteiger partial charge < -0.3 is 0 Å². The van der Waals surface area contributed by atoms with Crippen molar-refractivity contribution < 1.29 is 13.3 Å². The first-order chi connectivity index (χ1) is 10.3. The molecule has 0 aliphatic rings. The summed E-state index contributed by atoms with van der Waals surface area (Å²) in [4.78, 5) is 10.2. The van der Waals surface area contributed by atoms with Crippen LogP contribution in [0.1, 0.15) is 5.56 Å². The lowest BCUT2D eigenvalue weighted by atomic mass is 10.2. The van der Waals surface area contributed by atoms with Crippen molar-refractivity contribution in [3.8, 4) is 0 Å². The van der Waals surface area contributed by atoms with Crippen LogP contribution >= 0.6 is 11.6 Å². The molecule has 0 heterocycles. The SMILES string of the molecule is CN(Cc1ccc([N+](=O)[O-])cc1)S(=O)(=O)c1cccc(Cl)c1. The second-order valence-corrected chi connectivity index (χ2v) is 7.12. The molecule has 0 aliphatic heterocycles. The average Bonchev–Trinajstić information content (AvgIpc) is 2.47. The maximum absolute atomic E-state index is 12.4. The highest BCUT2D eigenvalue weighted by Gasteiger charge is 2.21. The third-order valence-electron chi connectivity index (χ3n) is 3.06. The number of hydrogen-bond donors (Lipinski definition) is 0. The summed E-state index contributed by atoms with van der Waals surface area (Å²) in [6.45, 7) is 0.104. The van der Waals surface area contributed by atoms with E-state index in [0.29, 0.717) is 10.6 Å². The molecular weight excluding hydrogens is 328 g/mol. The number of benzene rings is 2. The molecule has 0 unspecified atom stereocenters. The molecule has 0 amide bonds. The fourth-order valence-electron chi connectivity index (χ4n) is 1.87. The van der Waals surface area contributed by atoms with E-state index in [1.165, 1.54) is 47.8 Å². The Hall–Kier alpha value is -1.96.